The molecule has 0 aliphatic carbocycles. The van der Waals surface area contributed by atoms with Gasteiger partial charge in [0.2, 0.25) is 0 Å². The first-order chi connectivity index (χ1) is 16.0. The fourth-order valence-electron chi connectivity index (χ4n) is 3.59. The Balaban J connectivity index is 1.77. The molecule has 3 aromatic rings. The topological polar surface area (TPSA) is 100 Å². The number of nitrogens with zero attached hydrogens (tertiary/aromatic N) is 4. The number of ether oxygens (including phenoxy) is 2. The summed E-state index contributed by atoms with van der Waals surface area (Å²) >= 11 is 1.40. The zero-order valence-corrected chi connectivity index (χ0v) is 19.6. The number of aryl methyl sites for hydroxylation is 1. The van der Waals surface area contributed by atoms with E-state index in [1.165, 1.54) is 11.3 Å². The van der Waals surface area contributed by atoms with Gasteiger partial charge < -0.3 is 14.4 Å². The van der Waals surface area contributed by atoms with Crippen LogP contribution in [0.5, 0.6) is 0 Å². The lowest BCUT2D eigenvalue weighted by Gasteiger charge is -2.26. The average Bonchev–Trinajstić information content (AvgIpc) is 3.27. The second-order valence-corrected chi connectivity index (χ2v) is 8.72. The molecule has 33 heavy (non-hydrogen) atoms. The van der Waals surface area contributed by atoms with E-state index in [0.29, 0.717) is 42.7 Å². The van der Waals surface area contributed by atoms with Crippen LogP contribution in [0, 0.1) is 18.3 Å². The number of pyridine rings is 1. The summed E-state index contributed by atoms with van der Waals surface area (Å²) in [5.41, 5.74) is 4.67. The Morgan fingerprint density at radius 2 is 2.03 bits per heavy atom. The van der Waals surface area contributed by atoms with Crippen LogP contribution in [0.4, 0.5) is 9.93 Å². The number of anilines is 1. The lowest BCUT2D eigenvalue weighted by atomic mass is 10.0. The zero-order chi connectivity index (χ0) is 23.4. The predicted octanol–water partition coefficient (Wildman–Crippen LogP) is 4.62. The van der Waals surface area contributed by atoms with Crippen LogP contribution in [0.2, 0.25) is 0 Å². The second kappa shape index (κ2) is 10.1. The minimum absolute atomic E-state index is 0.164. The number of nitrogens with one attached hydrogen (secondary N) is 1. The molecule has 0 radical (unpaired) electrons. The summed E-state index contributed by atoms with van der Waals surface area (Å²) in [6.07, 6.45) is -0.164. The van der Waals surface area contributed by atoms with E-state index in [1.54, 1.807) is 24.1 Å². The molecule has 0 spiro atoms. The summed E-state index contributed by atoms with van der Waals surface area (Å²) in [7, 11) is 1.65. The van der Waals surface area contributed by atoms with E-state index in [2.05, 4.69) is 16.4 Å². The lowest BCUT2D eigenvalue weighted by Crippen LogP contribution is -2.43. The van der Waals surface area contributed by atoms with E-state index in [9.17, 15) is 10.1 Å². The van der Waals surface area contributed by atoms with Crippen molar-refractivity contribution in [3.63, 3.8) is 0 Å². The number of hydrogen-bond donors (Lipinski definition) is 1. The second-order valence-electron chi connectivity index (χ2n) is 7.72. The van der Waals surface area contributed by atoms with E-state index < -0.39 is 0 Å². The quantitative estimate of drug-likeness (QED) is 0.592. The molecule has 2 amide bonds. The van der Waals surface area contributed by atoms with Crippen LogP contribution >= 0.6 is 11.3 Å². The van der Waals surface area contributed by atoms with Crippen LogP contribution in [0.25, 0.3) is 21.7 Å². The van der Waals surface area contributed by atoms with Gasteiger partial charge in [0, 0.05) is 31.5 Å². The van der Waals surface area contributed by atoms with Gasteiger partial charge in [-0.15, -0.1) is 0 Å². The summed E-state index contributed by atoms with van der Waals surface area (Å²) in [6, 6.07) is 13.3. The zero-order valence-electron chi connectivity index (χ0n) is 18.8. The van der Waals surface area contributed by atoms with Crippen LogP contribution in [-0.2, 0) is 9.47 Å². The van der Waals surface area contributed by atoms with E-state index in [0.717, 1.165) is 27.4 Å². The fourth-order valence-corrected chi connectivity index (χ4v) is 4.56. The highest BCUT2D eigenvalue weighted by Crippen LogP contribution is 2.40. The van der Waals surface area contributed by atoms with E-state index in [1.807, 2.05) is 38.1 Å². The molecule has 1 aliphatic heterocycles. The Labute approximate surface area is 196 Å². The molecular formula is C24H25N5O3S. The van der Waals surface area contributed by atoms with Gasteiger partial charge in [-0.3, -0.25) is 10.3 Å². The number of amides is 2. The molecule has 1 fully saturated rings. The van der Waals surface area contributed by atoms with Crippen molar-refractivity contribution in [2.75, 3.05) is 38.7 Å². The number of nitriles is 1. The maximum Gasteiger partial charge on any atom is 0.323 e. The van der Waals surface area contributed by atoms with Crippen LogP contribution in [0.15, 0.2) is 36.4 Å². The Bertz CT molecular complexity index is 1200. The van der Waals surface area contributed by atoms with Gasteiger partial charge in [-0.05, 0) is 43.7 Å². The minimum atomic E-state index is -0.199. The molecule has 170 valence electrons. The molecule has 1 aliphatic rings. The van der Waals surface area contributed by atoms with Crippen molar-refractivity contribution in [1.82, 2.24) is 14.9 Å². The third-order valence-electron chi connectivity index (χ3n) is 5.41. The van der Waals surface area contributed by atoms with Gasteiger partial charge >= 0.3 is 6.03 Å². The van der Waals surface area contributed by atoms with Crippen LogP contribution in [-0.4, -0.2) is 54.3 Å². The van der Waals surface area contributed by atoms with Gasteiger partial charge in [0.25, 0.3) is 0 Å². The summed E-state index contributed by atoms with van der Waals surface area (Å²) in [5.74, 6) is 0. The normalized spacial score (nSPS) is 14.5. The molecule has 4 rings (SSSR count). The highest BCUT2D eigenvalue weighted by atomic mass is 32.1. The molecule has 3 heterocycles. The molecule has 0 saturated carbocycles. The van der Waals surface area contributed by atoms with Gasteiger partial charge in [-0.1, -0.05) is 23.5 Å². The molecular weight excluding hydrogens is 438 g/mol. The number of morpholine rings is 1. The van der Waals surface area contributed by atoms with Crippen LogP contribution in [0.1, 0.15) is 30.0 Å². The van der Waals surface area contributed by atoms with Crippen molar-refractivity contribution in [3.8, 4) is 27.8 Å². The molecule has 1 N–H and O–H groups in total. The number of carbonyl (C=O) groups is 1. The van der Waals surface area contributed by atoms with Crippen molar-refractivity contribution in [1.29, 1.82) is 5.26 Å². The molecule has 1 atom stereocenters. The Morgan fingerprint density at radius 1 is 1.24 bits per heavy atom. The third kappa shape index (κ3) is 5.20. The Morgan fingerprint density at radius 3 is 2.76 bits per heavy atom. The number of rotatable bonds is 5. The maximum atomic E-state index is 12.8. The average molecular weight is 464 g/mol. The number of methoxy groups -OCH3 is 1. The number of thiazole rings is 1. The summed E-state index contributed by atoms with van der Waals surface area (Å²) < 4.78 is 10.8. The number of carbonyl (C=O) groups excluding carboxylic acids is 1. The Kier molecular flexibility index (Phi) is 6.99. The highest BCUT2D eigenvalue weighted by molar-refractivity contribution is 7.19. The van der Waals surface area contributed by atoms with Crippen molar-refractivity contribution in [3.05, 3.63) is 53.3 Å². The maximum absolute atomic E-state index is 12.8. The van der Waals surface area contributed by atoms with Gasteiger partial charge in [0.1, 0.15) is 0 Å². The Hall–Kier alpha value is -3.32. The van der Waals surface area contributed by atoms with Crippen LogP contribution < -0.4 is 5.32 Å². The van der Waals surface area contributed by atoms with Crippen molar-refractivity contribution < 1.29 is 14.3 Å². The molecule has 2 aromatic heterocycles. The predicted molar refractivity (Wildman–Crippen MR) is 127 cm³/mol. The van der Waals surface area contributed by atoms with Gasteiger partial charge in [-0.2, -0.15) is 5.26 Å². The molecule has 1 unspecified atom stereocenters. The molecule has 9 heteroatoms. The summed E-state index contributed by atoms with van der Waals surface area (Å²) in [6.45, 7) is 6.03. The molecule has 0 bridgehead atoms. The van der Waals surface area contributed by atoms with E-state index >= 15 is 0 Å². The highest BCUT2D eigenvalue weighted by Gasteiger charge is 2.22. The standard InChI is InChI=1S/C24H25N5O3S/c1-15-11-19(13-20(26-15)16(2)31-3)22-21(18-6-4-5-17(12-18)14-25)27-23(33-22)28-24(30)29-7-9-32-10-8-29/h4-6,11-13,16H,7-10H2,1-3H3,(H,27,28,30). The smallest absolute Gasteiger partial charge is 0.323 e. The minimum Gasteiger partial charge on any atom is -0.378 e. The first-order valence-corrected chi connectivity index (χ1v) is 11.5. The first-order valence-electron chi connectivity index (χ1n) is 10.6. The molecule has 1 aromatic carbocycles. The molecule has 1 saturated heterocycles. The number of aromatic nitrogens is 2. The van der Waals surface area contributed by atoms with Crippen LogP contribution in [0.3, 0.4) is 0 Å². The van der Waals surface area contributed by atoms with Crippen molar-refractivity contribution in [2.24, 2.45) is 0 Å². The fraction of sp³-hybridized carbons (Fsp3) is 0.333. The van der Waals surface area contributed by atoms with Crippen molar-refractivity contribution >= 4 is 22.5 Å². The lowest BCUT2D eigenvalue weighted by molar-refractivity contribution is 0.0564. The van der Waals surface area contributed by atoms with E-state index in [-0.39, 0.29) is 12.1 Å². The van der Waals surface area contributed by atoms with Gasteiger partial charge in [0.15, 0.2) is 5.13 Å². The SMILES string of the molecule is COC(C)c1cc(-c2sc(NC(=O)N3CCOCC3)nc2-c2cccc(C#N)c2)cc(C)n1. The summed E-state index contributed by atoms with van der Waals surface area (Å²) in [5, 5.41) is 12.8. The summed E-state index contributed by atoms with van der Waals surface area (Å²) in [4.78, 5) is 24.7. The molecule has 8 nitrogen and oxygen atoms in total. The van der Waals surface area contributed by atoms with Crippen molar-refractivity contribution in [2.45, 2.75) is 20.0 Å². The number of benzene rings is 1. The number of urea groups is 1. The third-order valence-corrected chi connectivity index (χ3v) is 6.43. The first kappa shape index (κ1) is 22.9. The number of hydrogen-bond acceptors (Lipinski definition) is 7. The monoisotopic (exact) mass is 463 g/mol. The van der Waals surface area contributed by atoms with Gasteiger partial charge in [0.05, 0.1) is 47.2 Å². The van der Waals surface area contributed by atoms with E-state index in [4.69, 9.17) is 14.5 Å². The van der Waals surface area contributed by atoms with Gasteiger partial charge in [-0.25, -0.2) is 9.78 Å². The largest absolute Gasteiger partial charge is 0.378 e.